The monoisotopic (exact) mass is 253 g/mol. The molecule has 0 saturated carbocycles. The Balaban J connectivity index is 2.47. The van der Waals surface area contributed by atoms with Crippen molar-refractivity contribution in [1.29, 1.82) is 0 Å². The maximum atomic E-state index is 5.82. The van der Waals surface area contributed by atoms with Crippen molar-refractivity contribution in [3.63, 3.8) is 0 Å². The molecule has 0 aliphatic carbocycles. The van der Waals surface area contributed by atoms with Crippen molar-refractivity contribution >= 4 is 32.3 Å². The fraction of sp³-hybridized carbons (Fsp3) is 0. The minimum Gasteiger partial charge on any atom is -0.390 e. The molecular formula is C10H8BrNS. The van der Waals surface area contributed by atoms with Gasteiger partial charge in [0.2, 0.25) is 0 Å². The smallest absolute Gasteiger partial charge is 0.0936 e. The van der Waals surface area contributed by atoms with Crippen LogP contribution in [-0.2, 0) is 0 Å². The first-order valence-electron chi connectivity index (χ1n) is 3.86. The maximum absolute atomic E-state index is 5.82. The first-order valence-corrected chi connectivity index (χ1v) is 5.53. The highest BCUT2D eigenvalue weighted by molar-refractivity contribution is 9.10. The highest BCUT2D eigenvalue weighted by Gasteiger charge is 2.02. The van der Waals surface area contributed by atoms with Crippen LogP contribution in [0.25, 0.3) is 11.1 Å². The van der Waals surface area contributed by atoms with E-state index in [4.69, 9.17) is 5.73 Å². The Morgan fingerprint density at radius 3 is 2.31 bits per heavy atom. The van der Waals surface area contributed by atoms with Crippen LogP contribution in [0.2, 0.25) is 0 Å². The molecule has 0 unspecified atom stereocenters. The van der Waals surface area contributed by atoms with E-state index in [1.165, 1.54) is 5.56 Å². The van der Waals surface area contributed by atoms with E-state index in [0.29, 0.717) is 0 Å². The molecule has 2 aromatic rings. The summed E-state index contributed by atoms with van der Waals surface area (Å²) in [4.78, 5) is 0. The average molecular weight is 254 g/mol. The molecule has 2 N–H and O–H groups in total. The van der Waals surface area contributed by atoms with Crippen molar-refractivity contribution in [2.24, 2.45) is 0 Å². The molecule has 1 aromatic carbocycles. The second kappa shape index (κ2) is 3.52. The summed E-state index contributed by atoms with van der Waals surface area (Å²) in [5, 5.41) is 2.88. The van der Waals surface area contributed by atoms with Crippen LogP contribution in [0.5, 0.6) is 0 Å². The summed E-state index contributed by atoms with van der Waals surface area (Å²) in [5.41, 5.74) is 8.11. The first kappa shape index (κ1) is 8.78. The molecule has 0 atom stereocenters. The Hall–Kier alpha value is -0.800. The molecule has 0 aliphatic rings. The molecule has 1 nitrogen and oxygen atoms in total. The molecule has 0 radical (unpaired) electrons. The van der Waals surface area contributed by atoms with E-state index < -0.39 is 0 Å². The van der Waals surface area contributed by atoms with Gasteiger partial charge in [0.15, 0.2) is 0 Å². The third-order valence-corrected chi connectivity index (χ3v) is 3.13. The van der Waals surface area contributed by atoms with Gasteiger partial charge in [-0.2, -0.15) is 0 Å². The van der Waals surface area contributed by atoms with Gasteiger partial charge in [0, 0.05) is 10.0 Å². The normalized spacial score (nSPS) is 10.2. The predicted octanol–water partition coefficient (Wildman–Crippen LogP) is 3.76. The number of nitrogen functional groups attached to an aromatic ring is 1. The highest BCUT2D eigenvalue weighted by Crippen LogP contribution is 2.30. The van der Waals surface area contributed by atoms with Gasteiger partial charge >= 0.3 is 0 Å². The molecule has 0 bridgehead atoms. The van der Waals surface area contributed by atoms with Gasteiger partial charge in [-0.25, -0.2) is 0 Å². The molecule has 13 heavy (non-hydrogen) atoms. The van der Waals surface area contributed by atoms with Gasteiger partial charge in [-0.05, 0) is 29.1 Å². The van der Waals surface area contributed by atoms with Crippen molar-refractivity contribution < 1.29 is 0 Å². The van der Waals surface area contributed by atoms with Gasteiger partial charge in [0.1, 0.15) is 0 Å². The second-order valence-corrected chi connectivity index (χ2v) is 4.57. The first-order chi connectivity index (χ1) is 6.27. The lowest BCUT2D eigenvalue weighted by molar-refractivity contribution is 1.63. The summed E-state index contributed by atoms with van der Waals surface area (Å²) in [6.07, 6.45) is 0. The second-order valence-electron chi connectivity index (χ2n) is 2.71. The number of rotatable bonds is 1. The molecule has 1 aromatic heterocycles. The summed E-state index contributed by atoms with van der Waals surface area (Å²) >= 11 is 4.97. The molecule has 66 valence electrons. The third kappa shape index (κ3) is 1.76. The number of thiophene rings is 1. The zero-order valence-electron chi connectivity index (χ0n) is 6.83. The molecule has 0 saturated heterocycles. The lowest BCUT2D eigenvalue weighted by Gasteiger charge is -1.99. The van der Waals surface area contributed by atoms with Gasteiger partial charge < -0.3 is 5.73 Å². The van der Waals surface area contributed by atoms with E-state index in [0.717, 1.165) is 15.0 Å². The summed E-state index contributed by atoms with van der Waals surface area (Å²) in [6.45, 7) is 0. The quantitative estimate of drug-likeness (QED) is 0.823. The number of halogens is 1. The number of hydrogen-bond acceptors (Lipinski definition) is 2. The topological polar surface area (TPSA) is 26.0 Å². The maximum Gasteiger partial charge on any atom is 0.0936 e. The Kier molecular flexibility index (Phi) is 2.38. The average Bonchev–Trinajstić information content (AvgIpc) is 2.53. The highest BCUT2D eigenvalue weighted by atomic mass is 79.9. The summed E-state index contributed by atoms with van der Waals surface area (Å²) in [6, 6.07) is 10.2. The van der Waals surface area contributed by atoms with Crippen LogP contribution >= 0.6 is 27.3 Å². The van der Waals surface area contributed by atoms with Gasteiger partial charge in [-0.1, -0.05) is 28.1 Å². The fourth-order valence-electron chi connectivity index (χ4n) is 1.19. The largest absolute Gasteiger partial charge is 0.390 e. The van der Waals surface area contributed by atoms with Gasteiger partial charge in [0.25, 0.3) is 0 Å². The molecular weight excluding hydrogens is 246 g/mol. The zero-order chi connectivity index (χ0) is 9.26. The van der Waals surface area contributed by atoms with Crippen LogP contribution < -0.4 is 5.73 Å². The van der Waals surface area contributed by atoms with E-state index in [1.807, 2.05) is 23.6 Å². The minimum absolute atomic E-state index is 0.877. The van der Waals surface area contributed by atoms with E-state index in [1.54, 1.807) is 11.3 Å². The van der Waals surface area contributed by atoms with E-state index in [2.05, 4.69) is 28.1 Å². The summed E-state index contributed by atoms with van der Waals surface area (Å²) in [7, 11) is 0. The van der Waals surface area contributed by atoms with Crippen LogP contribution in [0.3, 0.4) is 0 Å². The van der Waals surface area contributed by atoms with Gasteiger partial charge in [-0.15, -0.1) is 11.3 Å². The van der Waals surface area contributed by atoms with Gasteiger partial charge in [0.05, 0.1) is 5.00 Å². The van der Waals surface area contributed by atoms with Crippen LogP contribution in [-0.4, -0.2) is 0 Å². The molecule has 1 heterocycles. The van der Waals surface area contributed by atoms with Crippen molar-refractivity contribution in [3.8, 4) is 11.1 Å². The summed E-state index contributed by atoms with van der Waals surface area (Å²) < 4.78 is 1.09. The molecule has 0 fully saturated rings. The Morgan fingerprint density at radius 2 is 1.77 bits per heavy atom. The fourth-order valence-corrected chi connectivity index (χ4v) is 2.12. The van der Waals surface area contributed by atoms with Crippen molar-refractivity contribution in [2.75, 3.05) is 5.73 Å². The molecule has 2 rings (SSSR count). The molecule has 0 amide bonds. The van der Waals surface area contributed by atoms with Crippen molar-refractivity contribution in [1.82, 2.24) is 0 Å². The summed E-state index contributed by atoms with van der Waals surface area (Å²) in [5.74, 6) is 0. The number of benzene rings is 1. The number of nitrogens with two attached hydrogens (primary N) is 1. The lowest BCUT2D eigenvalue weighted by atomic mass is 10.1. The van der Waals surface area contributed by atoms with Crippen molar-refractivity contribution in [2.45, 2.75) is 0 Å². The van der Waals surface area contributed by atoms with E-state index in [-0.39, 0.29) is 0 Å². The van der Waals surface area contributed by atoms with Crippen LogP contribution in [0, 0.1) is 0 Å². The third-order valence-electron chi connectivity index (χ3n) is 1.85. The minimum atomic E-state index is 0.877. The standard InChI is InChI=1S/C10H8BrNS/c11-8-3-1-7(2-4-8)9-5-6-13-10(9)12/h1-6H,12H2. The Labute approximate surface area is 89.3 Å². The lowest BCUT2D eigenvalue weighted by Crippen LogP contribution is -1.82. The SMILES string of the molecule is Nc1sccc1-c1ccc(Br)cc1. The van der Waals surface area contributed by atoms with Crippen molar-refractivity contribution in [3.05, 3.63) is 40.2 Å². The number of anilines is 1. The van der Waals surface area contributed by atoms with E-state index >= 15 is 0 Å². The van der Waals surface area contributed by atoms with E-state index in [9.17, 15) is 0 Å². The number of hydrogen-bond donors (Lipinski definition) is 1. The Bertz CT molecular complexity index is 405. The molecule has 3 heteroatoms. The van der Waals surface area contributed by atoms with Gasteiger partial charge in [-0.3, -0.25) is 0 Å². The Morgan fingerprint density at radius 1 is 1.08 bits per heavy atom. The van der Waals surface area contributed by atoms with Crippen LogP contribution in [0.15, 0.2) is 40.2 Å². The zero-order valence-corrected chi connectivity index (χ0v) is 9.23. The molecule has 0 spiro atoms. The predicted molar refractivity (Wildman–Crippen MR) is 61.9 cm³/mol. The molecule has 0 aliphatic heterocycles. The van der Waals surface area contributed by atoms with Crippen LogP contribution in [0.4, 0.5) is 5.00 Å². The van der Waals surface area contributed by atoms with Crippen LogP contribution in [0.1, 0.15) is 0 Å².